The predicted molar refractivity (Wildman–Crippen MR) is 60.9 cm³/mol. The molecule has 4 nitrogen and oxygen atoms in total. The average molecular weight is 220 g/mol. The van der Waals surface area contributed by atoms with Gasteiger partial charge in [-0.1, -0.05) is 18.2 Å². The number of nitrogens with one attached hydrogen (secondary N) is 2. The Balaban J connectivity index is 1.87. The molecule has 1 aromatic rings. The summed E-state index contributed by atoms with van der Waals surface area (Å²) in [5.74, 6) is 0.367. The normalized spacial score (nSPS) is 19.6. The molecule has 1 heterocycles. The quantitative estimate of drug-likeness (QED) is 0.699. The van der Waals surface area contributed by atoms with E-state index in [9.17, 15) is 9.90 Å². The number of benzene rings is 1. The molecule has 1 unspecified atom stereocenters. The number of aromatic hydroxyl groups is 1. The average Bonchev–Trinajstić information content (AvgIpc) is 2.81. The lowest BCUT2D eigenvalue weighted by atomic mass is 10.1. The number of para-hydroxylation sites is 1. The van der Waals surface area contributed by atoms with Gasteiger partial charge in [-0.25, -0.2) is 0 Å². The lowest BCUT2D eigenvalue weighted by Crippen LogP contribution is -2.31. The minimum Gasteiger partial charge on any atom is -0.508 e. The standard InChI is InChI=1S/C12H16N2O2/c15-11-4-2-1-3-9(11)8-14-12(16)10-5-6-13-7-10/h1-4,10,13,15H,5-8H2,(H,14,16). The largest absolute Gasteiger partial charge is 0.508 e. The van der Waals surface area contributed by atoms with E-state index in [-0.39, 0.29) is 17.6 Å². The fourth-order valence-corrected chi connectivity index (χ4v) is 1.87. The van der Waals surface area contributed by atoms with Gasteiger partial charge in [-0.3, -0.25) is 4.79 Å². The molecule has 1 fully saturated rings. The maximum absolute atomic E-state index is 11.7. The summed E-state index contributed by atoms with van der Waals surface area (Å²) in [6.07, 6.45) is 0.895. The SMILES string of the molecule is O=C(NCc1ccccc1O)C1CCNC1. The van der Waals surface area contributed by atoms with Crippen molar-refractivity contribution < 1.29 is 9.90 Å². The summed E-state index contributed by atoms with van der Waals surface area (Å²) in [4.78, 5) is 11.7. The van der Waals surface area contributed by atoms with Crippen LogP contribution >= 0.6 is 0 Å². The van der Waals surface area contributed by atoms with Crippen LogP contribution in [0.15, 0.2) is 24.3 Å². The molecular formula is C12H16N2O2. The first-order valence-corrected chi connectivity index (χ1v) is 5.52. The van der Waals surface area contributed by atoms with E-state index >= 15 is 0 Å². The molecule has 4 heteroatoms. The number of carbonyl (C=O) groups excluding carboxylic acids is 1. The Morgan fingerprint density at radius 3 is 3.00 bits per heavy atom. The Hall–Kier alpha value is -1.55. The highest BCUT2D eigenvalue weighted by molar-refractivity contribution is 5.79. The predicted octanol–water partition coefficient (Wildman–Crippen LogP) is 0.618. The fraction of sp³-hybridized carbons (Fsp3) is 0.417. The van der Waals surface area contributed by atoms with Gasteiger partial charge in [0, 0.05) is 18.7 Å². The molecule has 0 saturated carbocycles. The summed E-state index contributed by atoms with van der Waals surface area (Å²) in [6.45, 7) is 2.06. The van der Waals surface area contributed by atoms with Crippen molar-refractivity contribution in [1.29, 1.82) is 0 Å². The summed E-state index contributed by atoms with van der Waals surface area (Å²) in [6, 6.07) is 7.04. The molecule has 1 saturated heterocycles. The number of phenols is 1. The van der Waals surface area contributed by atoms with Crippen molar-refractivity contribution in [2.45, 2.75) is 13.0 Å². The van der Waals surface area contributed by atoms with Gasteiger partial charge in [0.05, 0.1) is 5.92 Å². The molecule has 0 bridgehead atoms. The molecular weight excluding hydrogens is 204 g/mol. The Bertz CT molecular complexity index is 373. The van der Waals surface area contributed by atoms with Gasteiger partial charge in [0.25, 0.3) is 0 Å². The van der Waals surface area contributed by atoms with Crippen molar-refractivity contribution in [3.05, 3.63) is 29.8 Å². The topological polar surface area (TPSA) is 61.4 Å². The minimum absolute atomic E-state index is 0.0632. The van der Waals surface area contributed by atoms with Crippen molar-refractivity contribution in [2.24, 2.45) is 5.92 Å². The molecule has 1 aromatic carbocycles. The van der Waals surface area contributed by atoms with Gasteiger partial charge in [0.1, 0.15) is 5.75 Å². The monoisotopic (exact) mass is 220 g/mol. The first kappa shape index (κ1) is 11.0. The maximum Gasteiger partial charge on any atom is 0.224 e. The zero-order valence-corrected chi connectivity index (χ0v) is 9.07. The van der Waals surface area contributed by atoms with Gasteiger partial charge in [0.2, 0.25) is 5.91 Å². The van der Waals surface area contributed by atoms with Crippen LogP contribution in [0.2, 0.25) is 0 Å². The Kier molecular flexibility index (Phi) is 3.41. The second kappa shape index (κ2) is 4.99. The van der Waals surface area contributed by atoms with Crippen LogP contribution in [0.4, 0.5) is 0 Å². The van der Waals surface area contributed by atoms with Crippen molar-refractivity contribution in [2.75, 3.05) is 13.1 Å². The van der Waals surface area contributed by atoms with Crippen molar-refractivity contribution in [1.82, 2.24) is 10.6 Å². The number of phenolic OH excluding ortho intramolecular Hbond substituents is 1. The van der Waals surface area contributed by atoms with Gasteiger partial charge in [-0.2, -0.15) is 0 Å². The second-order valence-corrected chi connectivity index (χ2v) is 4.04. The molecule has 1 aliphatic rings. The number of hydrogen-bond donors (Lipinski definition) is 3. The number of rotatable bonds is 3. The minimum atomic E-state index is 0.0632. The summed E-state index contributed by atoms with van der Waals surface area (Å²) in [5, 5.41) is 15.5. The molecule has 3 N–H and O–H groups in total. The van der Waals surface area contributed by atoms with E-state index in [0.29, 0.717) is 6.54 Å². The second-order valence-electron chi connectivity index (χ2n) is 4.04. The third-order valence-corrected chi connectivity index (χ3v) is 2.88. The Labute approximate surface area is 94.7 Å². The molecule has 2 rings (SSSR count). The summed E-state index contributed by atoms with van der Waals surface area (Å²) in [5.41, 5.74) is 0.752. The smallest absolute Gasteiger partial charge is 0.224 e. The highest BCUT2D eigenvalue weighted by Crippen LogP contribution is 2.15. The van der Waals surface area contributed by atoms with E-state index in [0.717, 1.165) is 25.1 Å². The molecule has 1 atom stereocenters. The summed E-state index contributed by atoms with van der Waals surface area (Å²) in [7, 11) is 0. The molecule has 0 spiro atoms. The van der Waals surface area contributed by atoms with Crippen LogP contribution in [0.25, 0.3) is 0 Å². The van der Waals surface area contributed by atoms with Crippen LogP contribution in [0, 0.1) is 5.92 Å². The molecule has 86 valence electrons. The van der Waals surface area contributed by atoms with E-state index in [4.69, 9.17) is 0 Å². The van der Waals surface area contributed by atoms with Crippen LogP contribution in [-0.2, 0) is 11.3 Å². The lowest BCUT2D eigenvalue weighted by Gasteiger charge is -2.10. The van der Waals surface area contributed by atoms with Gasteiger partial charge in [-0.15, -0.1) is 0 Å². The van der Waals surface area contributed by atoms with Crippen molar-refractivity contribution in [3.63, 3.8) is 0 Å². The van der Waals surface area contributed by atoms with Gasteiger partial charge in [-0.05, 0) is 19.0 Å². The summed E-state index contributed by atoms with van der Waals surface area (Å²) < 4.78 is 0. The third-order valence-electron chi connectivity index (χ3n) is 2.88. The van der Waals surface area contributed by atoms with Crippen LogP contribution in [0.5, 0.6) is 5.75 Å². The van der Waals surface area contributed by atoms with E-state index < -0.39 is 0 Å². The highest BCUT2D eigenvalue weighted by atomic mass is 16.3. The molecule has 16 heavy (non-hydrogen) atoms. The molecule has 0 aromatic heterocycles. The first-order chi connectivity index (χ1) is 7.77. The van der Waals surface area contributed by atoms with E-state index in [2.05, 4.69) is 10.6 Å². The Morgan fingerprint density at radius 2 is 2.31 bits per heavy atom. The van der Waals surface area contributed by atoms with Gasteiger partial charge in [0.15, 0.2) is 0 Å². The first-order valence-electron chi connectivity index (χ1n) is 5.52. The fourth-order valence-electron chi connectivity index (χ4n) is 1.87. The zero-order chi connectivity index (χ0) is 11.4. The zero-order valence-electron chi connectivity index (χ0n) is 9.07. The van der Waals surface area contributed by atoms with Crippen LogP contribution in [-0.4, -0.2) is 24.1 Å². The summed E-state index contributed by atoms with van der Waals surface area (Å²) >= 11 is 0. The highest BCUT2D eigenvalue weighted by Gasteiger charge is 2.21. The van der Waals surface area contributed by atoms with Crippen molar-refractivity contribution in [3.8, 4) is 5.75 Å². The third kappa shape index (κ3) is 2.52. The van der Waals surface area contributed by atoms with Gasteiger partial charge < -0.3 is 15.7 Å². The number of carbonyl (C=O) groups is 1. The van der Waals surface area contributed by atoms with E-state index in [1.807, 2.05) is 12.1 Å². The van der Waals surface area contributed by atoms with Crippen LogP contribution in [0.1, 0.15) is 12.0 Å². The molecule has 0 aliphatic carbocycles. The molecule has 1 aliphatic heterocycles. The van der Waals surface area contributed by atoms with Crippen LogP contribution < -0.4 is 10.6 Å². The van der Waals surface area contributed by atoms with E-state index in [1.54, 1.807) is 12.1 Å². The maximum atomic E-state index is 11.7. The molecule has 0 radical (unpaired) electrons. The van der Waals surface area contributed by atoms with E-state index in [1.165, 1.54) is 0 Å². The Morgan fingerprint density at radius 1 is 1.50 bits per heavy atom. The van der Waals surface area contributed by atoms with Crippen LogP contribution in [0.3, 0.4) is 0 Å². The van der Waals surface area contributed by atoms with Crippen molar-refractivity contribution >= 4 is 5.91 Å². The lowest BCUT2D eigenvalue weighted by molar-refractivity contribution is -0.124. The number of hydrogen-bond acceptors (Lipinski definition) is 3. The number of amides is 1. The van der Waals surface area contributed by atoms with Gasteiger partial charge >= 0.3 is 0 Å². The molecule has 1 amide bonds.